The molecule has 0 aliphatic carbocycles. The molecule has 0 heterocycles. The van der Waals surface area contributed by atoms with E-state index >= 15 is 0 Å². The molecule has 6 heteroatoms. The van der Waals surface area contributed by atoms with E-state index in [9.17, 15) is 18.0 Å². The first-order valence-electron chi connectivity index (χ1n) is 2.49. The van der Waals surface area contributed by atoms with Crippen LogP contribution in [-0.4, -0.2) is 18.7 Å². The summed E-state index contributed by atoms with van der Waals surface area (Å²) >= 11 is 0. The average molecular weight is 157 g/mol. The van der Waals surface area contributed by atoms with Crippen molar-refractivity contribution in [3.63, 3.8) is 0 Å². The van der Waals surface area contributed by atoms with Gasteiger partial charge in [0.1, 0.15) is 0 Å². The summed E-state index contributed by atoms with van der Waals surface area (Å²) in [4.78, 5) is 13.4. The maximum Gasteiger partial charge on any atom is 0.492 e. The lowest BCUT2D eigenvalue weighted by molar-refractivity contribution is -0.206. The van der Waals surface area contributed by atoms with Crippen LogP contribution < -0.4 is 5.48 Å². The van der Waals surface area contributed by atoms with E-state index in [0.29, 0.717) is 0 Å². The van der Waals surface area contributed by atoms with Crippen molar-refractivity contribution in [2.75, 3.05) is 6.54 Å². The summed E-state index contributed by atoms with van der Waals surface area (Å²) in [5.74, 6) is -2.23. The summed E-state index contributed by atoms with van der Waals surface area (Å²) in [6.07, 6.45) is -4.91. The molecule has 0 amide bonds. The van der Waals surface area contributed by atoms with E-state index in [1.165, 1.54) is 6.92 Å². The third-order valence-electron chi connectivity index (χ3n) is 0.541. The highest BCUT2D eigenvalue weighted by molar-refractivity contribution is 5.75. The van der Waals surface area contributed by atoms with Gasteiger partial charge in [0.25, 0.3) is 0 Å². The number of alkyl halides is 3. The van der Waals surface area contributed by atoms with Gasteiger partial charge in [-0.05, 0) is 6.92 Å². The number of hydrogen-bond acceptors (Lipinski definition) is 3. The van der Waals surface area contributed by atoms with Crippen LogP contribution in [0.2, 0.25) is 0 Å². The van der Waals surface area contributed by atoms with Gasteiger partial charge in [-0.25, -0.2) is 4.79 Å². The number of halogens is 3. The lowest BCUT2D eigenvalue weighted by Crippen LogP contribution is -2.31. The molecule has 0 aromatic rings. The van der Waals surface area contributed by atoms with E-state index in [1.807, 2.05) is 0 Å². The van der Waals surface area contributed by atoms with Gasteiger partial charge >= 0.3 is 12.1 Å². The number of hydrogen-bond donors (Lipinski definition) is 1. The minimum atomic E-state index is -4.91. The van der Waals surface area contributed by atoms with E-state index < -0.39 is 12.1 Å². The second kappa shape index (κ2) is 3.40. The summed E-state index contributed by atoms with van der Waals surface area (Å²) in [7, 11) is 0. The predicted octanol–water partition coefficient (Wildman–Crippen LogP) is 0.616. The van der Waals surface area contributed by atoms with Crippen LogP contribution >= 0.6 is 0 Å². The molecule has 0 aromatic heterocycles. The second-order valence-electron chi connectivity index (χ2n) is 1.39. The monoisotopic (exact) mass is 157 g/mol. The minimum absolute atomic E-state index is 0.141. The molecule has 10 heavy (non-hydrogen) atoms. The van der Waals surface area contributed by atoms with Gasteiger partial charge in [-0.15, -0.1) is 0 Å². The van der Waals surface area contributed by atoms with Crippen molar-refractivity contribution in [1.82, 2.24) is 5.48 Å². The first kappa shape index (κ1) is 9.22. The largest absolute Gasteiger partial charge is 0.492 e. The van der Waals surface area contributed by atoms with Crippen LogP contribution in [0.1, 0.15) is 6.92 Å². The SMILES string of the molecule is CCNOC(=O)C(F)(F)F. The highest BCUT2D eigenvalue weighted by atomic mass is 19.4. The van der Waals surface area contributed by atoms with Crippen molar-refractivity contribution in [1.29, 1.82) is 0 Å². The number of carbonyl (C=O) groups excluding carboxylic acids is 1. The molecule has 0 bridgehead atoms. The van der Waals surface area contributed by atoms with Crippen LogP contribution in [0, 0.1) is 0 Å². The topological polar surface area (TPSA) is 38.3 Å². The molecule has 0 unspecified atom stereocenters. The first-order chi connectivity index (χ1) is 4.48. The Hall–Kier alpha value is -0.780. The maximum absolute atomic E-state index is 11.3. The number of rotatable bonds is 2. The molecule has 0 aliphatic rings. The van der Waals surface area contributed by atoms with Gasteiger partial charge < -0.3 is 4.84 Å². The Bertz CT molecular complexity index is 122. The fourth-order valence-corrected chi connectivity index (χ4v) is 0.196. The molecule has 3 nitrogen and oxygen atoms in total. The van der Waals surface area contributed by atoms with Gasteiger partial charge in [0.15, 0.2) is 0 Å². The molecule has 0 radical (unpaired) electrons. The van der Waals surface area contributed by atoms with Crippen molar-refractivity contribution in [2.45, 2.75) is 13.1 Å². The molecular weight excluding hydrogens is 151 g/mol. The molecule has 0 aliphatic heterocycles. The van der Waals surface area contributed by atoms with Gasteiger partial charge in [-0.3, -0.25) is 0 Å². The average Bonchev–Trinajstić information content (AvgIpc) is 1.80. The van der Waals surface area contributed by atoms with Crippen molar-refractivity contribution in [2.24, 2.45) is 0 Å². The molecular formula is C4H6F3NO2. The summed E-state index contributed by atoms with van der Waals surface area (Å²) in [6.45, 7) is 1.64. The molecule has 0 spiro atoms. The van der Waals surface area contributed by atoms with Crippen molar-refractivity contribution >= 4 is 5.97 Å². The number of carbonyl (C=O) groups is 1. The Labute approximate surface area is 55.1 Å². The van der Waals surface area contributed by atoms with Gasteiger partial charge in [0.05, 0.1) is 0 Å². The second-order valence-corrected chi connectivity index (χ2v) is 1.39. The fourth-order valence-electron chi connectivity index (χ4n) is 0.196. The number of nitrogens with one attached hydrogen (secondary N) is 1. The first-order valence-corrected chi connectivity index (χ1v) is 2.49. The van der Waals surface area contributed by atoms with Gasteiger partial charge in [-0.1, -0.05) is 0 Å². The molecule has 0 aromatic carbocycles. The van der Waals surface area contributed by atoms with Crippen molar-refractivity contribution in [3.8, 4) is 0 Å². The summed E-state index contributed by atoms with van der Waals surface area (Å²) in [6, 6.07) is 0. The van der Waals surface area contributed by atoms with E-state index in [4.69, 9.17) is 0 Å². The minimum Gasteiger partial charge on any atom is -0.364 e. The Balaban J connectivity index is 3.64. The molecule has 0 saturated carbocycles. The molecule has 0 atom stereocenters. The van der Waals surface area contributed by atoms with E-state index in [2.05, 4.69) is 4.84 Å². The third-order valence-corrected chi connectivity index (χ3v) is 0.541. The fraction of sp³-hybridized carbons (Fsp3) is 0.750. The zero-order valence-corrected chi connectivity index (χ0v) is 5.16. The maximum atomic E-state index is 11.3. The Morgan fingerprint density at radius 1 is 1.60 bits per heavy atom. The van der Waals surface area contributed by atoms with Crippen LogP contribution in [0.3, 0.4) is 0 Å². The van der Waals surface area contributed by atoms with E-state index in [-0.39, 0.29) is 6.54 Å². The van der Waals surface area contributed by atoms with E-state index in [1.54, 1.807) is 5.48 Å². The summed E-state index contributed by atoms with van der Waals surface area (Å²) in [5, 5.41) is 0. The smallest absolute Gasteiger partial charge is 0.364 e. The zero-order chi connectivity index (χ0) is 8.20. The highest BCUT2D eigenvalue weighted by Gasteiger charge is 2.41. The molecule has 1 N–H and O–H groups in total. The van der Waals surface area contributed by atoms with Crippen LogP contribution in [0.5, 0.6) is 0 Å². The van der Waals surface area contributed by atoms with E-state index in [0.717, 1.165) is 0 Å². The molecule has 0 rings (SSSR count). The summed E-state index contributed by atoms with van der Waals surface area (Å²) < 4.78 is 33.8. The normalized spacial score (nSPS) is 11.2. The Morgan fingerprint density at radius 2 is 2.10 bits per heavy atom. The Kier molecular flexibility index (Phi) is 3.14. The number of hydroxylamine groups is 1. The standard InChI is InChI=1S/C4H6F3NO2/c1-2-8-10-3(9)4(5,6)7/h8H,2H2,1H3. The highest BCUT2D eigenvalue weighted by Crippen LogP contribution is 2.15. The molecule has 60 valence electrons. The predicted molar refractivity (Wildman–Crippen MR) is 25.8 cm³/mol. The molecule has 0 saturated heterocycles. The lowest BCUT2D eigenvalue weighted by atomic mass is 10.7. The van der Waals surface area contributed by atoms with Crippen LogP contribution in [0.15, 0.2) is 0 Å². The quantitative estimate of drug-likeness (QED) is 0.597. The Morgan fingerprint density at radius 3 is 2.40 bits per heavy atom. The van der Waals surface area contributed by atoms with Crippen LogP contribution in [0.25, 0.3) is 0 Å². The molecule has 0 fully saturated rings. The van der Waals surface area contributed by atoms with Crippen molar-refractivity contribution < 1.29 is 22.8 Å². The third kappa shape index (κ3) is 3.29. The van der Waals surface area contributed by atoms with Crippen molar-refractivity contribution in [3.05, 3.63) is 0 Å². The van der Waals surface area contributed by atoms with Gasteiger partial charge in [0, 0.05) is 6.54 Å². The summed E-state index contributed by atoms with van der Waals surface area (Å²) in [5.41, 5.74) is 1.79. The van der Waals surface area contributed by atoms with Gasteiger partial charge in [-0.2, -0.15) is 18.7 Å². The van der Waals surface area contributed by atoms with Gasteiger partial charge in [0.2, 0.25) is 0 Å². The zero-order valence-electron chi connectivity index (χ0n) is 5.16. The van der Waals surface area contributed by atoms with Crippen LogP contribution in [0.4, 0.5) is 13.2 Å². The lowest BCUT2D eigenvalue weighted by Gasteiger charge is -2.04. The van der Waals surface area contributed by atoms with Crippen LogP contribution in [-0.2, 0) is 9.63 Å².